The van der Waals surface area contributed by atoms with Gasteiger partial charge in [-0.1, -0.05) is 41.4 Å². The molecule has 0 aliphatic rings. The summed E-state index contributed by atoms with van der Waals surface area (Å²) in [4.78, 5) is 15.3. The molecule has 0 atom stereocenters. The van der Waals surface area contributed by atoms with Crippen molar-refractivity contribution in [1.82, 2.24) is 5.43 Å². The lowest BCUT2D eigenvalue weighted by Gasteiger charge is -2.13. The summed E-state index contributed by atoms with van der Waals surface area (Å²) in [6.45, 7) is 1.76. The Hall–Kier alpha value is -2.58. The predicted molar refractivity (Wildman–Crippen MR) is 102 cm³/mol. The first-order chi connectivity index (χ1) is 12.6. The number of rotatable bonds is 6. The number of thiazole rings is 1. The summed E-state index contributed by atoms with van der Waals surface area (Å²) in [5.41, 5.74) is 4.90. The first-order valence-corrected chi connectivity index (χ1v) is 9.59. The van der Waals surface area contributed by atoms with Crippen molar-refractivity contribution in [2.75, 3.05) is 12.9 Å². The molecule has 0 saturated heterocycles. The zero-order valence-corrected chi connectivity index (χ0v) is 15.9. The van der Waals surface area contributed by atoms with Gasteiger partial charge in [0.25, 0.3) is 10.2 Å². The Morgan fingerprint density at radius 2 is 2.15 bits per heavy atom. The van der Waals surface area contributed by atoms with E-state index in [1.54, 1.807) is 30.4 Å². The molecule has 0 spiro atoms. The molecule has 0 aliphatic carbocycles. The van der Waals surface area contributed by atoms with Crippen LogP contribution in [0.25, 0.3) is 10.2 Å². The molecular weight excluding hydrogens is 370 g/mol. The van der Waals surface area contributed by atoms with E-state index < -0.39 is 0 Å². The van der Waals surface area contributed by atoms with Crippen LogP contribution in [-0.4, -0.2) is 24.5 Å². The number of nitrogens with one attached hydrogen (secondary N) is 2. The predicted octanol–water partition coefficient (Wildman–Crippen LogP) is 2.43. The van der Waals surface area contributed by atoms with Gasteiger partial charge in [0, 0.05) is 11.6 Å². The third-order valence-corrected chi connectivity index (χ3v) is 5.83. The van der Waals surface area contributed by atoms with Crippen molar-refractivity contribution >= 4 is 44.9 Å². The van der Waals surface area contributed by atoms with E-state index in [2.05, 4.69) is 15.5 Å². The van der Waals surface area contributed by atoms with E-state index in [1.807, 2.05) is 24.3 Å². The lowest BCUT2D eigenvalue weighted by atomic mass is 10.1. The van der Waals surface area contributed by atoms with Crippen LogP contribution in [0.5, 0.6) is 11.5 Å². The zero-order valence-electron chi connectivity index (χ0n) is 14.2. The minimum Gasteiger partial charge on any atom is -0.870 e. The van der Waals surface area contributed by atoms with E-state index in [9.17, 15) is 9.90 Å². The highest BCUT2D eigenvalue weighted by Crippen LogP contribution is 2.26. The van der Waals surface area contributed by atoms with Crippen LogP contribution in [-0.2, 0) is 4.79 Å². The van der Waals surface area contributed by atoms with Crippen LogP contribution in [0.4, 0.5) is 0 Å². The van der Waals surface area contributed by atoms with Gasteiger partial charge < -0.3 is 9.84 Å². The molecule has 26 heavy (non-hydrogen) atoms. The maximum atomic E-state index is 12.0. The summed E-state index contributed by atoms with van der Waals surface area (Å²) in [7, 11) is 1.44. The highest BCUT2D eigenvalue weighted by atomic mass is 32.2. The summed E-state index contributed by atoms with van der Waals surface area (Å²) in [5, 5.41) is 15.6. The fraction of sp³-hybridized carbons (Fsp3) is 0.167. The van der Waals surface area contributed by atoms with Crippen molar-refractivity contribution in [3.8, 4) is 11.5 Å². The first-order valence-electron chi connectivity index (χ1n) is 7.79. The summed E-state index contributed by atoms with van der Waals surface area (Å²) in [5.74, 6) is 0.110. The molecule has 0 radical (unpaired) electrons. The number of carbonyl (C=O) groups is 1. The standard InChI is InChI=1S/C18H17N3O3S2/c1-11(12-7-8-14(22)15(9-12)24-2)20-21-17(23)10-25-18-19-13-5-3-4-6-16(13)26-18/h3-9,22H,10H2,1-2H3,(H,21,23). The lowest BCUT2D eigenvalue weighted by molar-refractivity contribution is -0.385. The molecular formula is C18H17N3O3S2. The molecule has 6 nitrogen and oxygen atoms in total. The van der Waals surface area contributed by atoms with Gasteiger partial charge in [-0.15, -0.1) is 0 Å². The SMILES string of the molecule is COc1cc(C(C)=NNC(=O)CSc2[nH+]c3ccccc3s2)ccc1[O-]. The molecule has 3 rings (SSSR count). The normalized spacial score (nSPS) is 11.5. The molecule has 1 aromatic heterocycles. The van der Waals surface area contributed by atoms with E-state index in [0.717, 1.165) is 14.6 Å². The van der Waals surface area contributed by atoms with E-state index in [0.29, 0.717) is 11.3 Å². The number of benzene rings is 2. The maximum Gasteiger partial charge on any atom is 0.297 e. The monoisotopic (exact) mass is 387 g/mol. The van der Waals surface area contributed by atoms with E-state index in [4.69, 9.17) is 4.74 Å². The molecule has 0 saturated carbocycles. The number of H-pyrrole nitrogens is 1. The van der Waals surface area contributed by atoms with Gasteiger partial charge in [-0.2, -0.15) is 10.1 Å². The molecule has 0 bridgehead atoms. The van der Waals surface area contributed by atoms with Crippen LogP contribution >= 0.6 is 23.1 Å². The average molecular weight is 387 g/mol. The number of amides is 1. The number of ether oxygens (including phenoxy) is 1. The van der Waals surface area contributed by atoms with E-state index in [1.165, 1.54) is 24.9 Å². The van der Waals surface area contributed by atoms with E-state index >= 15 is 0 Å². The number of para-hydroxylation sites is 1. The minimum atomic E-state index is -0.201. The quantitative estimate of drug-likeness (QED) is 0.400. The number of carbonyl (C=O) groups excluding carboxylic acids is 1. The highest BCUT2D eigenvalue weighted by Gasteiger charge is 2.13. The van der Waals surface area contributed by atoms with Gasteiger partial charge in [-0.25, -0.2) is 5.43 Å². The Morgan fingerprint density at radius 1 is 1.35 bits per heavy atom. The lowest BCUT2D eigenvalue weighted by Crippen LogP contribution is -2.21. The fourth-order valence-electron chi connectivity index (χ4n) is 2.23. The van der Waals surface area contributed by atoms with Crippen LogP contribution < -0.4 is 20.3 Å². The Morgan fingerprint density at radius 3 is 2.92 bits per heavy atom. The van der Waals surface area contributed by atoms with Crippen LogP contribution in [0, 0.1) is 0 Å². The summed E-state index contributed by atoms with van der Waals surface area (Å²) in [6, 6.07) is 12.7. The van der Waals surface area contributed by atoms with Gasteiger partial charge in [0.2, 0.25) is 5.52 Å². The maximum absolute atomic E-state index is 12.0. The van der Waals surface area contributed by atoms with Gasteiger partial charge in [0.1, 0.15) is 10.4 Å². The first kappa shape index (κ1) is 18.2. The fourth-order valence-corrected chi connectivity index (χ4v) is 4.15. The van der Waals surface area contributed by atoms with Crippen molar-refractivity contribution < 1.29 is 19.6 Å². The number of hydrazone groups is 1. The molecule has 2 N–H and O–H groups in total. The highest BCUT2D eigenvalue weighted by molar-refractivity contribution is 8.01. The van der Waals surface area contributed by atoms with Gasteiger partial charge in [-0.05, 0) is 30.8 Å². The number of hydrogen-bond acceptors (Lipinski definition) is 6. The summed E-state index contributed by atoms with van der Waals surface area (Å²) in [6.07, 6.45) is 0. The van der Waals surface area contributed by atoms with Crippen molar-refractivity contribution in [3.05, 3.63) is 48.0 Å². The molecule has 134 valence electrons. The molecule has 2 aromatic carbocycles. The molecule has 0 unspecified atom stereocenters. The van der Waals surface area contributed by atoms with Crippen molar-refractivity contribution in [1.29, 1.82) is 0 Å². The summed E-state index contributed by atoms with van der Waals surface area (Å²) < 4.78 is 7.14. The molecule has 0 aliphatic heterocycles. The Bertz CT molecular complexity index is 936. The van der Waals surface area contributed by atoms with Gasteiger partial charge in [0.15, 0.2) is 0 Å². The summed E-state index contributed by atoms with van der Waals surface area (Å²) >= 11 is 3.04. The van der Waals surface area contributed by atoms with Crippen molar-refractivity contribution in [3.63, 3.8) is 0 Å². The van der Waals surface area contributed by atoms with Crippen LogP contribution in [0.1, 0.15) is 12.5 Å². The van der Waals surface area contributed by atoms with E-state index in [-0.39, 0.29) is 23.2 Å². The number of methoxy groups -OCH3 is 1. The number of aromatic nitrogens is 1. The molecule has 1 heterocycles. The molecule has 8 heteroatoms. The van der Waals surface area contributed by atoms with Gasteiger partial charge in [-0.3, -0.25) is 4.79 Å². The minimum absolute atomic E-state index is 0.191. The Kier molecular flexibility index (Phi) is 5.75. The van der Waals surface area contributed by atoms with Gasteiger partial charge in [0.05, 0.1) is 18.6 Å². The van der Waals surface area contributed by atoms with Crippen LogP contribution in [0.3, 0.4) is 0 Å². The second kappa shape index (κ2) is 8.20. The smallest absolute Gasteiger partial charge is 0.297 e. The third kappa shape index (κ3) is 4.33. The largest absolute Gasteiger partial charge is 0.870 e. The molecule has 3 aromatic rings. The van der Waals surface area contributed by atoms with Crippen LogP contribution in [0.2, 0.25) is 0 Å². The van der Waals surface area contributed by atoms with Gasteiger partial charge >= 0.3 is 0 Å². The third-order valence-electron chi connectivity index (χ3n) is 3.59. The number of fused-ring (bicyclic) bond motifs is 1. The van der Waals surface area contributed by atoms with Crippen molar-refractivity contribution in [2.45, 2.75) is 11.3 Å². The molecule has 0 fully saturated rings. The number of nitrogens with zero attached hydrogens (tertiary/aromatic N) is 1. The topological polar surface area (TPSA) is 87.9 Å². The van der Waals surface area contributed by atoms with Crippen LogP contribution in [0.15, 0.2) is 51.9 Å². The molecule has 1 amide bonds. The number of thioether (sulfide) groups is 1. The zero-order chi connectivity index (χ0) is 18.5. The second-order valence-corrected chi connectivity index (χ2v) is 7.69. The second-order valence-electron chi connectivity index (χ2n) is 5.40. The number of aromatic amines is 1. The Balaban J connectivity index is 1.58. The van der Waals surface area contributed by atoms with Crippen molar-refractivity contribution in [2.24, 2.45) is 5.10 Å². The number of hydrogen-bond donors (Lipinski definition) is 1. The Labute approximate surface area is 158 Å². The average Bonchev–Trinajstić information content (AvgIpc) is 3.07.